The number of amides is 1. The quantitative estimate of drug-likeness (QED) is 0.864. The SMILES string of the molecule is CC.Cc1cncc(C)c1N1CCC2(CC1)CNC(=O)O2. The topological polar surface area (TPSA) is 54.5 Å². The molecule has 0 atom stereocenters. The summed E-state index contributed by atoms with van der Waals surface area (Å²) < 4.78 is 5.45. The number of aromatic nitrogens is 1. The second kappa shape index (κ2) is 6.33. The van der Waals surface area contributed by atoms with Gasteiger partial charge in [0.2, 0.25) is 0 Å². The molecule has 2 aliphatic heterocycles. The summed E-state index contributed by atoms with van der Waals surface area (Å²) in [6.45, 7) is 10.7. The molecule has 1 aromatic rings. The minimum Gasteiger partial charge on any atom is -0.441 e. The van der Waals surface area contributed by atoms with Crippen LogP contribution >= 0.6 is 0 Å². The molecule has 5 heteroatoms. The van der Waals surface area contributed by atoms with Crippen LogP contribution in [0.25, 0.3) is 0 Å². The highest BCUT2D eigenvalue weighted by Gasteiger charge is 2.43. The number of hydrogen-bond donors (Lipinski definition) is 1. The van der Waals surface area contributed by atoms with Crippen LogP contribution in [0, 0.1) is 13.8 Å². The Hall–Kier alpha value is -1.78. The summed E-state index contributed by atoms with van der Waals surface area (Å²) >= 11 is 0. The third kappa shape index (κ3) is 3.12. The minimum absolute atomic E-state index is 0.273. The van der Waals surface area contributed by atoms with Crippen molar-refractivity contribution in [3.8, 4) is 0 Å². The lowest BCUT2D eigenvalue weighted by Crippen LogP contribution is -2.47. The number of rotatable bonds is 1. The number of carbonyl (C=O) groups excluding carboxylic acids is 1. The summed E-state index contributed by atoms with van der Waals surface area (Å²) in [7, 11) is 0. The maximum atomic E-state index is 11.2. The molecule has 0 saturated carbocycles. The van der Waals surface area contributed by atoms with Crippen LogP contribution in [0.4, 0.5) is 10.5 Å². The Morgan fingerprint density at radius 1 is 1.19 bits per heavy atom. The van der Waals surface area contributed by atoms with Gasteiger partial charge in [-0.2, -0.15) is 0 Å². The lowest BCUT2D eigenvalue weighted by Gasteiger charge is -2.39. The van der Waals surface area contributed by atoms with Gasteiger partial charge in [0.05, 0.1) is 6.54 Å². The number of alkyl carbamates (subject to hydrolysis) is 1. The highest BCUT2D eigenvalue weighted by molar-refractivity contribution is 5.70. The molecule has 116 valence electrons. The summed E-state index contributed by atoms with van der Waals surface area (Å²) in [6.07, 6.45) is 5.30. The average Bonchev–Trinajstić information content (AvgIpc) is 2.84. The van der Waals surface area contributed by atoms with Crippen LogP contribution < -0.4 is 10.2 Å². The van der Waals surface area contributed by atoms with E-state index in [0.717, 1.165) is 25.9 Å². The largest absolute Gasteiger partial charge is 0.441 e. The summed E-state index contributed by atoms with van der Waals surface area (Å²) in [5.41, 5.74) is 3.42. The van der Waals surface area contributed by atoms with E-state index in [0.29, 0.717) is 6.54 Å². The monoisotopic (exact) mass is 291 g/mol. The van der Waals surface area contributed by atoms with Crippen molar-refractivity contribution >= 4 is 11.8 Å². The molecule has 1 amide bonds. The van der Waals surface area contributed by atoms with Crippen LogP contribution in [0.3, 0.4) is 0 Å². The molecule has 0 aliphatic carbocycles. The predicted molar refractivity (Wildman–Crippen MR) is 83.7 cm³/mol. The van der Waals surface area contributed by atoms with Crippen molar-refractivity contribution in [3.05, 3.63) is 23.5 Å². The Kier molecular flexibility index (Phi) is 4.70. The number of pyridine rings is 1. The number of anilines is 1. The molecule has 1 spiro atoms. The fourth-order valence-corrected chi connectivity index (χ4v) is 3.11. The van der Waals surface area contributed by atoms with Crippen LogP contribution in [-0.2, 0) is 4.74 Å². The molecule has 3 rings (SSSR count). The van der Waals surface area contributed by atoms with E-state index in [9.17, 15) is 4.79 Å². The predicted octanol–water partition coefficient (Wildman–Crippen LogP) is 2.80. The van der Waals surface area contributed by atoms with Crippen molar-refractivity contribution in [1.29, 1.82) is 0 Å². The van der Waals surface area contributed by atoms with Gasteiger partial charge in [0.15, 0.2) is 0 Å². The molecule has 1 aromatic heterocycles. The van der Waals surface area contributed by atoms with E-state index in [4.69, 9.17) is 4.74 Å². The molecule has 5 nitrogen and oxygen atoms in total. The minimum atomic E-state index is -0.275. The van der Waals surface area contributed by atoms with E-state index in [2.05, 4.69) is 29.0 Å². The first kappa shape index (κ1) is 15.6. The number of nitrogens with one attached hydrogen (secondary N) is 1. The second-order valence-electron chi connectivity index (χ2n) is 5.54. The molecular weight excluding hydrogens is 266 g/mol. The van der Waals surface area contributed by atoms with E-state index in [1.807, 2.05) is 26.2 Å². The first-order valence-electron chi connectivity index (χ1n) is 7.73. The normalized spacial score (nSPS) is 19.6. The fourth-order valence-electron chi connectivity index (χ4n) is 3.11. The molecule has 2 saturated heterocycles. The molecule has 2 fully saturated rings. The number of hydrogen-bond acceptors (Lipinski definition) is 4. The van der Waals surface area contributed by atoms with Gasteiger partial charge >= 0.3 is 6.09 Å². The van der Waals surface area contributed by atoms with Crippen molar-refractivity contribution in [2.75, 3.05) is 24.5 Å². The van der Waals surface area contributed by atoms with E-state index in [-0.39, 0.29) is 11.7 Å². The van der Waals surface area contributed by atoms with Gasteiger partial charge in [-0.05, 0) is 25.0 Å². The Bertz CT molecular complexity index is 488. The van der Waals surface area contributed by atoms with Crippen LogP contribution in [-0.4, -0.2) is 36.3 Å². The third-order valence-electron chi connectivity index (χ3n) is 4.14. The summed E-state index contributed by atoms with van der Waals surface area (Å²) in [4.78, 5) is 17.8. The van der Waals surface area contributed by atoms with E-state index in [1.54, 1.807) is 0 Å². The number of nitrogens with zero attached hydrogens (tertiary/aromatic N) is 2. The highest BCUT2D eigenvalue weighted by atomic mass is 16.6. The number of ether oxygens (including phenoxy) is 1. The van der Waals surface area contributed by atoms with E-state index < -0.39 is 0 Å². The van der Waals surface area contributed by atoms with Crippen molar-refractivity contribution in [2.45, 2.75) is 46.1 Å². The lowest BCUT2D eigenvalue weighted by atomic mass is 9.91. The number of piperidine rings is 1. The van der Waals surface area contributed by atoms with Gasteiger partial charge in [0.1, 0.15) is 5.60 Å². The first-order chi connectivity index (χ1) is 10.1. The maximum Gasteiger partial charge on any atom is 0.407 e. The van der Waals surface area contributed by atoms with Crippen molar-refractivity contribution in [2.24, 2.45) is 0 Å². The average molecular weight is 291 g/mol. The zero-order chi connectivity index (χ0) is 15.5. The summed E-state index contributed by atoms with van der Waals surface area (Å²) in [6, 6.07) is 0. The zero-order valence-corrected chi connectivity index (χ0v) is 13.4. The Labute approximate surface area is 126 Å². The van der Waals surface area contributed by atoms with Crippen molar-refractivity contribution in [1.82, 2.24) is 10.3 Å². The summed E-state index contributed by atoms with van der Waals surface area (Å²) in [5.74, 6) is 0. The number of aryl methyl sites for hydroxylation is 2. The molecule has 1 N–H and O–H groups in total. The third-order valence-corrected chi connectivity index (χ3v) is 4.14. The Morgan fingerprint density at radius 2 is 1.76 bits per heavy atom. The molecule has 0 aromatic carbocycles. The lowest BCUT2D eigenvalue weighted by molar-refractivity contribution is 0.0366. The van der Waals surface area contributed by atoms with Crippen LogP contribution in [0.15, 0.2) is 12.4 Å². The molecule has 2 aliphatic rings. The van der Waals surface area contributed by atoms with Gasteiger partial charge in [-0.1, -0.05) is 13.8 Å². The van der Waals surface area contributed by atoms with Gasteiger partial charge in [-0.25, -0.2) is 4.79 Å². The zero-order valence-electron chi connectivity index (χ0n) is 13.4. The molecule has 3 heterocycles. The highest BCUT2D eigenvalue weighted by Crippen LogP contribution is 2.33. The molecular formula is C16H25N3O2. The maximum absolute atomic E-state index is 11.2. The van der Waals surface area contributed by atoms with Crippen LogP contribution in [0.5, 0.6) is 0 Å². The molecule has 0 radical (unpaired) electrons. The van der Waals surface area contributed by atoms with Gasteiger partial charge in [-0.15, -0.1) is 0 Å². The van der Waals surface area contributed by atoms with E-state index >= 15 is 0 Å². The van der Waals surface area contributed by atoms with E-state index in [1.165, 1.54) is 16.8 Å². The van der Waals surface area contributed by atoms with Gasteiger partial charge in [0.25, 0.3) is 0 Å². The van der Waals surface area contributed by atoms with Gasteiger partial charge in [-0.3, -0.25) is 4.98 Å². The van der Waals surface area contributed by atoms with Crippen LogP contribution in [0.2, 0.25) is 0 Å². The van der Waals surface area contributed by atoms with Gasteiger partial charge < -0.3 is 15.0 Å². The van der Waals surface area contributed by atoms with Gasteiger partial charge in [0, 0.05) is 44.0 Å². The van der Waals surface area contributed by atoms with Crippen molar-refractivity contribution < 1.29 is 9.53 Å². The van der Waals surface area contributed by atoms with Crippen molar-refractivity contribution in [3.63, 3.8) is 0 Å². The molecule has 21 heavy (non-hydrogen) atoms. The molecule has 0 bridgehead atoms. The molecule has 0 unspecified atom stereocenters. The van der Waals surface area contributed by atoms with Crippen LogP contribution in [0.1, 0.15) is 37.8 Å². The first-order valence-corrected chi connectivity index (χ1v) is 7.73. The summed E-state index contributed by atoms with van der Waals surface area (Å²) in [5, 5.41) is 2.77. The standard InChI is InChI=1S/C14H19N3O2.C2H6/c1-10-7-15-8-11(2)12(10)17-5-3-14(4-6-17)9-16-13(18)19-14;1-2/h7-8H,3-6,9H2,1-2H3,(H,16,18);1-2H3. The Morgan fingerprint density at radius 3 is 2.24 bits per heavy atom. The smallest absolute Gasteiger partial charge is 0.407 e. The number of carbonyl (C=O) groups is 1. The Balaban J connectivity index is 0.000000774. The fraction of sp³-hybridized carbons (Fsp3) is 0.625. The second-order valence-corrected chi connectivity index (χ2v) is 5.54.